The molecule has 33 heavy (non-hydrogen) atoms. The lowest BCUT2D eigenvalue weighted by Crippen LogP contribution is -2.48. The van der Waals surface area contributed by atoms with E-state index in [0.29, 0.717) is 48.2 Å². The summed E-state index contributed by atoms with van der Waals surface area (Å²) in [4.78, 5) is 17.0. The summed E-state index contributed by atoms with van der Waals surface area (Å²) in [5.74, 6) is 0.439. The number of carbonyl (C=O) groups excluding carboxylic acids is 1. The maximum absolute atomic E-state index is 13.1. The molecular weight excluding hydrogens is 462 g/mol. The third kappa shape index (κ3) is 5.40. The van der Waals surface area contributed by atoms with Crippen molar-refractivity contribution in [2.75, 3.05) is 42.9 Å². The molecule has 1 aliphatic heterocycles. The number of carbonyl (C=O) groups is 1. The fourth-order valence-corrected chi connectivity index (χ4v) is 4.90. The molecule has 0 radical (unpaired) electrons. The van der Waals surface area contributed by atoms with Crippen molar-refractivity contribution in [3.8, 4) is 5.75 Å². The number of anilines is 2. The van der Waals surface area contributed by atoms with Gasteiger partial charge in [0.1, 0.15) is 5.75 Å². The van der Waals surface area contributed by atoms with Gasteiger partial charge in [0.25, 0.3) is 15.9 Å². The van der Waals surface area contributed by atoms with Gasteiger partial charge < -0.3 is 14.5 Å². The van der Waals surface area contributed by atoms with Crippen LogP contribution in [0.2, 0.25) is 5.02 Å². The molecule has 3 aromatic rings. The highest BCUT2D eigenvalue weighted by molar-refractivity contribution is 7.92. The monoisotopic (exact) mass is 485 g/mol. The Morgan fingerprint density at radius 1 is 0.939 bits per heavy atom. The van der Waals surface area contributed by atoms with Gasteiger partial charge in [0, 0.05) is 48.1 Å². The SMILES string of the molecule is COc1ccc(NS(=O)(=O)c2cccc(C(=O)N3CCN(c4ccc(Cl)cc4)CC3)c2)cc1. The van der Waals surface area contributed by atoms with Gasteiger partial charge in [-0.25, -0.2) is 8.42 Å². The summed E-state index contributed by atoms with van der Waals surface area (Å²) in [5.41, 5.74) is 1.81. The number of methoxy groups -OCH3 is 1. The second-order valence-electron chi connectivity index (χ2n) is 7.62. The smallest absolute Gasteiger partial charge is 0.261 e. The van der Waals surface area contributed by atoms with E-state index in [9.17, 15) is 13.2 Å². The molecule has 0 saturated carbocycles. The Balaban J connectivity index is 1.43. The van der Waals surface area contributed by atoms with Crippen molar-refractivity contribution in [1.29, 1.82) is 0 Å². The van der Waals surface area contributed by atoms with Gasteiger partial charge >= 0.3 is 0 Å². The molecule has 1 fully saturated rings. The molecule has 4 rings (SSSR count). The summed E-state index contributed by atoms with van der Waals surface area (Å²) >= 11 is 5.96. The van der Waals surface area contributed by atoms with Crippen LogP contribution < -0.4 is 14.4 Å². The van der Waals surface area contributed by atoms with Crippen molar-refractivity contribution in [3.05, 3.63) is 83.4 Å². The number of nitrogens with zero attached hydrogens (tertiary/aromatic N) is 2. The van der Waals surface area contributed by atoms with Gasteiger partial charge in [-0.05, 0) is 66.7 Å². The molecule has 172 valence electrons. The number of ether oxygens (including phenoxy) is 1. The number of hydrogen-bond donors (Lipinski definition) is 1. The number of halogens is 1. The van der Waals surface area contributed by atoms with Gasteiger partial charge in [-0.2, -0.15) is 0 Å². The maximum atomic E-state index is 13.1. The number of nitrogens with one attached hydrogen (secondary N) is 1. The fourth-order valence-electron chi connectivity index (χ4n) is 3.67. The summed E-state index contributed by atoms with van der Waals surface area (Å²) in [6.45, 7) is 2.46. The third-order valence-corrected chi connectivity index (χ3v) is 7.12. The van der Waals surface area contributed by atoms with Crippen LogP contribution in [0.4, 0.5) is 11.4 Å². The van der Waals surface area contributed by atoms with E-state index >= 15 is 0 Å². The average Bonchev–Trinajstić information content (AvgIpc) is 2.84. The Hall–Kier alpha value is -3.23. The lowest BCUT2D eigenvalue weighted by Gasteiger charge is -2.36. The maximum Gasteiger partial charge on any atom is 0.261 e. The van der Waals surface area contributed by atoms with Gasteiger partial charge in [0.2, 0.25) is 0 Å². The van der Waals surface area contributed by atoms with E-state index in [1.807, 2.05) is 24.3 Å². The number of sulfonamides is 1. The number of benzene rings is 3. The predicted molar refractivity (Wildman–Crippen MR) is 130 cm³/mol. The molecular formula is C24H24ClN3O4S. The van der Waals surface area contributed by atoms with Crippen molar-refractivity contribution in [3.63, 3.8) is 0 Å². The molecule has 9 heteroatoms. The summed E-state index contributed by atoms with van der Waals surface area (Å²) in [6, 6.07) is 20.3. The second-order valence-corrected chi connectivity index (χ2v) is 9.74. The zero-order valence-electron chi connectivity index (χ0n) is 18.1. The van der Waals surface area contributed by atoms with Crippen LogP contribution in [0.5, 0.6) is 5.75 Å². The minimum absolute atomic E-state index is 0.0315. The zero-order chi connectivity index (χ0) is 23.4. The van der Waals surface area contributed by atoms with Crippen molar-refractivity contribution in [2.45, 2.75) is 4.90 Å². The number of amides is 1. The molecule has 7 nitrogen and oxygen atoms in total. The number of rotatable bonds is 6. The Morgan fingerprint density at radius 2 is 1.61 bits per heavy atom. The minimum atomic E-state index is -3.85. The standard InChI is InChI=1S/C24H24ClN3O4S/c1-32-22-11-7-20(8-12-22)26-33(30,31)23-4-2-3-18(17-23)24(29)28-15-13-27(14-16-28)21-9-5-19(25)6-10-21/h2-12,17,26H,13-16H2,1H3. The summed E-state index contributed by atoms with van der Waals surface area (Å²) in [7, 11) is -2.31. The Kier molecular flexibility index (Phi) is 6.76. The van der Waals surface area contributed by atoms with Crippen molar-refractivity contribution in [1.82, 2.24) is 4.90 Å². The molecule has 1 saturated heterocycles. The van der Waals surface area contributed by atoms with E-state index in [1.54, 1.807) is 48.4 Å². The van der Waals surface area contributed by atoms with Crippen LogP contribution in [-0.2, 0) is 10.0 Å². The van der Waals surface area contributed by atoms with Gasteiger partial charge in [-0.3, -0.25) is 9.52 Å². The van der Waals surface area contributed by atoms with E-state index in [4.69, 9.17) is 16.3 Å². The summed E-state index contributed by atoms with van der Waals surface area (Å²) in [6.07, 6.45) is 0. The molecule has 1 aliphatic rings. The van der Waals surface area contributed by atoms with E-state index in [-0.39, 0.29) is 10.8 Å². The van der Waals surface area contributed by atoms with Crippen LogP contribution in [0.3, 0.4) is 0 Å². The first-order valence-electron chi connectivity index (χ1n) is 10.4. The minimum Gasteiger partial charge on any atom is -0.497 e. The normalized spacial score (nSPS) is 14.1. The van der Waals surface area contributed by atoms with Gasteiger partial charge in [0.15, 0.2) is 0 Å². The molecule has 0 bridgehead atoms. The first-order valence-corrected chi connectivity index (χ1v) is 12.3. The largest absolute Gasteiger partial charge is 0.497 e. The van der Waals surface area contributed by atoms with Crippen LogP contribution in [0, 0.1) is 0 Å². The van der Waals surface area contributed by atoms with E-state index in [2.05, 4.69) is 9.62 Å². The number of hydrogen-bond acceptors (Lipinski definition) is 5. The van der Waals surface area contributed by atoms with Crippen LogP contribution in [0.15, 0.2) is 77.7 Å². The molecule has 0 spiro atoms. The molecule has 0 unspecified atom stereocenters. The zero-order valence-corrected chi connectivity index (χ0v) is 19.6. The van der Waals surface area contributed by atoms with Gasteiger partial charge in [0.05, 0.1) is 12.0 Å². The average molecular weight is 486 g/mol. The summed E-state index contributed by atoms with van der Waals surface area (Å²) in [5, 5.41) is 0.684. The highest BCUT2D eigenvalue weighted by Gasteiger charge is 2.24. The quantitative estimate of drug-likeness (QED) is 0.568. The van der Waals surface area contributed by atoms with Crippen molar-refractivity contribution < 1.29 is 17.9 Å². The van der Waals surface area contributed by atoms with Crippen LogP contribution in [-0.4, -0.2) is 52.5 Å². The molecule has 1 heterocycles. The summed E-state index contributed by atoms with van der Waals surface area (Å²) < 4.78 is 33.3. The fraction of sp³-hybridized carbons (Fsp3) is 0.208. The predicted octanol–water partition coefficient (Wildman–Crippen LogP) is 4.11. The van der Waals surface area contributed by atoms with Crippen LogP contribution in [0.25, 0.3) is 0 Å². The van der Waals surface area contributed by atoms with Crippen LogP contribution >= 0.6 is 11.6 Å². The topological polar surface area (TPSA) is 78.9 Å². The lowest BCUT2D eigenvalue weighted by atomic mass is 10.1. The molecule has 1 N–H and O–H groups in total. The van der Waals surface area contributed by atoms with Crippen LogP contribution in [0.1, 0.15) is 10.4 Å². The van der Waals surface area contributed by atoms with E-state index in [0.717, 1.165) is 5.69 Å². The van der Waals surface area contributed by atoms with E-state index in [1.165, 1.54) is 12.1 Å². The highest BCUT2D eigenvalue weighted by atomic mass is 35.5. The number of piperazine rings is 1. The lowest BCUT2D eigenvalue weighted by molar-refractivity contribution is 0.0746. The Labute approximate surface area is 198 Å². The first kappa shape index (κ1) is 22.9. The second kappa shape index (κ2) is 9.72. The van der Waals surface area contributed by atoms with Crippen molar-refractivity contribution >= 4 is 38.9 Å². The first-order chi connectivity index (χ1) is 15.9. The van der Waals surface area contributed by atoms with Gasteiger partial charge in [-0.15, -0.1) is 0 Å². The third-order valence-electron chi connectivity index (χ3n) is 5.49. The van der Waals surface area contributed by atoms with E-state index < -0.39 is 10.0 Å². The Bertz CT molecular complexity index is 1220. The molecule has 0 aliphatic carbocycles. The van der Waals surface area contributed by atoms with Crippen molar-refractivity contribution in [2.24, 2.45) is 0 Å². The Morgan fingerprint density at radius 3 is 2.24 bits per heavy atom. The molecule has 1 amide bonds. The highest BCUT2D eigenvalue weighted by Crippen LogP contribution is 2.22. The van der Waals surface area contributed by atoms with Gasteiger partial charge in [-0.1, -0.05) is 17.7 Å². The molecule has 0 aromatic heterocycles. The molecule has 0 atom stereocenters. The molecule has 3 aromatic carbocycles.